The molecule has 1 aliphatic rings. The van der Waals surface area contributed by atoms with Gasteiger partial charge in [0.05, 0.1) is 25.1 Å². The summed E-state index contributed by atoms with van der Waals surface area (Å²) in [6.07, 6.45) is 6.21. The molecule has 2 N–H and O–H groups in total. The Balaban J connectivity index is 1.36. The van der Waals surface area contributed by atoms with Crippen LogP contribution < -0.4 is 15.4 Å². The van der Waals surface area contributed by atoms with Crippen molar-refractivity contribution in [1.29, 1.82) is 0 Å². The Bertz CT molecular complexity index is 1230. The smallest absolute Gasteiger partial charge is 0.229 e. The van der Waals surface area contributed by atoms with Gasteiger partial charge in [0.25, 0.3) is 0 Å². The molecule has 1 saturated heterocycles. The summed E-state index contributed by atoms with van der Waals surface area (Å²) in [7, 11) is 1.69. The minimum atomic E-state index is 0.366. The van der Waals surface area contributed by atoms with Crippen molar-refractivity contribution in [2.24, 2.45) is 0 Å². The van der Waals surface area contributed by atoms with Gasteiger partial charge >= 0.3 is 0 Å². The van der Waals surface area contributed by atoms with E-state index in [9.17, 15) is 0 Å². The summed E-state index contributed by atoms with van der Waals surface area (Å²) < 4.78 is 11.2. The van der Waals surface area contributed by atoms with E-state index in [1.165, 1.54) is 0 Å². The van der Waals surface area contributed by atoms with Crippen LogP contribution in [0, 0.1) is 0 Å². The van der Waals surface area contributed by atoms with Gasteiger partial charge in [0.2, 0.25) is 5.95 Å². The monoisotopic (exact) mass is 440 g/mol. The SMILES string of the molecule is COc1cc(Nc2nccc(Nc3cccnc3-c3ccccn3)n2)ccc1C1CCOC1. The lowest BCUT2D eigenvalue weighted by Crippen LogP contribution is -2.04. The van der Waals surface area contributed by atoms with Crippen molar-refractivity contribution >= 4 is 23.1 Å². The zero-order chi connectivity index (χ0) is 22.5. The van der Waals surface area contributed by atoms with Crippen molar-refractivity contribution in [2.75, 3.05) is 31.0 Å². The van der Waals surface area contributed by atoms with E-state index in [0.717, 1.165) is 53.7 Å². The van der Waals surface area contributed by atoms with Crippen molar-refractivity contribution in [3.63, 3.8) is 0 Å². The van der Waals surface area contributed by atoms with Gasteiger partial charge in [0.15, 0.2) is 0 Å². The number of nitrogens with one attached hydrogen (secondary N) is 2. The summed E-state index contributed by atoms with van der Waals surface area (Å²) in [6, 6.07) is 17.4. The van der Waals surface area contributed by atoms with Crippen molar-refractivity contribution < 1.29 is 9.47 Å². The van der Waals surface area contributed by atoms with Crippen LogP contribution in [0.2, 0.25) is 0 Å². The van der Waals surface area contributed by atoms with Crippen LogP contribution in [0.1, 0.15) is 17.9 Å². The van der Waals surface area contributed by atoms with Gasteiger partial charge < -0.3 is 20.1 Å². The molecule has 8 heteroatoms. The zero-order valence-electron chi connectivity index (χ0n) is 18.2. The van der Waals surface area contributed by atoms with Crippen LogP contribution in [0.15, 0.2) is 73.2 Å². The first-order valence-corrected chi connectivity index (χ1v) is 10.8. The molecule has 33 heavy (non-hydrogen) atoms. The van der Waals surface area contributed by atoms with E-state index in [1.807, 2.05) is 48.5 Å². The van der Waals surface area contributed by atoms with Crippen LogP contribution in [0.25, 0.3) is 11.4 Å². The van der Waals surface area contributed by atoms with Crippen molar-refractivity contribution in [3.8, 4) is 17.1 Å². The Morgan fingerprint density at radius 2 is 1.88 bits per heavy atom. The highest BCUT2D eigenvalue weighted by atomic mass is 16.5. The maximum absolute atomic E-state index is 5.63. The summed E-state index contributed by atoms with van der Waals surface area (Å²) in [5.74, 6) is 2.32. The summed E-state index contributed by atoms with van der Waals surface area (Å²) in [4.78, 5) is 17.9. The van der Waals surface area contributed by atoms with Gasteiger partial charge in [0.1, 0.15) is 17.3 Å². The normalized spacial score (nSPS) is 15.2. The standard InChI is InChI=1S/C25H24N6O2/c1-32-22-15-18(7-8-19(22)17-10-14-33-16-17)29-25-28-13-9-23(31-25)30-21-6-4-12-27-24(21)20-5-2-3-11-26-20/h2-9,11-13,15,17H,10,14,16H2,1H3,(H2,28,29,30,31). The van der Waals surface area contributed by atoms with E-state index >= 15 is 0 Å². The number of benzene rings is 1. The van der Waals surface area contributed by atoms with Gasteiger partial charge in [-0.2, -0.15) is 4.98 Å². The molecule has 0 bridgehead atoms. The molecule has 166 valence electrons. The highest BCUT2D eigenvalue weighted by Gasteiger charge is 2.21. The Hall–Kier alpha value is -4.04. The Morgan fingerprint density at radius 3 is 2.70 bits per heavy atom. The molecule has 5 rings (SSSR count). The Kier molecular flexibility index (Phi) is 6.08. The molecule has 0 amide bonds. The Labute approximate surface area is 192 Å². The summed E-state index contributed by atoms with van der Waals surface area (Å²) in [6.45, 7) is 1.52. The molecule has 1 aromatic carbocycles. The summed E-state index contributed by atoms with van der Waals surface area (Å²) in [5.41, 5.74) is 4.36. The van der Waals surface area contributed by atoms with E-state index in [2.05, 4.69) is 36.6 Å². The predicted molar refractivity (Wildman–Crippen MR) is 127 cm³/mol. The fraction of sp³-hybridized carbons (Fsp3) is 0.200. The molecule has 0 aliphatic carbocycles. The molecule has 3 aromatic heterocycles. The molecule has 0 spiro atoms. The van der Waals surface area contributed by atoms with Crippen molar-refractivity contribution in [1.82, 2.24) is 19.9 Å². The number of hydrogen-bond acceptors (Lipinski definition) is 8. The van der Waals surface area contributed by atoms with E-state index in [4.69, 9.17) is 9.47 Å². The van der Waals surface area contributed by atoms with Crippen LogP contribution in [0.3, 0.4) is 0 Å². The number of rotatable bonds is 7. The first-order valence-electron chi connectivity index (χ1n) is 10.8. The molecule has 8 nitrogen and oxygen atoms in total. The topological polar surface area (TPSA) is 94.1 Å². The molecule has 4 heterocycles. The second-order valence-corrected chi connectivity index (χ2v) is 7.65. The average molecular weight is 441 g/mol. The fourth-order valence-electron chi connectivity index (χ4n) is 3.87. The number of nitrogens with zero attached hydrogens (tertiary/aromatic N) is 4. The van der Waals surface area contributed by atoms with Crippen molar-refractivity contribution in [2.45, 2.75) is 12.3 Å². The fourth-order valence-corrected chi connectivity index (χ4v) is 3.87. The third-order valence-corrected chi connectivity index (χ3v) is 5.49. The second kappa shape index (κ2) is 9.62. The lowest BCUT2D eigenvalue weighted by Gasteiger charge is -2.15. The van der Waals surface area contributed by atoms with Crippen LogP contribution in [0.4, 0.5) is 23.1 Å². The predicted octanol–water partition coefficient (Wildman–Crippen LogP) is 4.93. The molecule has 4 aromatic rings. The van der Waals surface area contributed by atoms with E-state index in [1.54, 1.807) is 25.7 Å². The van der Waals surface area contributed by atoms with Gasteiger partial charge in [-0.15, -0.1) is 0 Å². The number of anilines is 4. The molecule has 0 saturated carbocycles. The molecule has 1 fully saturated rings. The second-order valence-electron chi connectivity index (χ2n) is 7.65. The number of aromatic nitrogens is 4. The molecule has 1 atom stereocenters. The Morgan fingerprint density at radius 1 is 0.939 bits per heavy atom. The largest absolute Gasteiger partial charge is 0.496 e. The van der Waals surface area contributed by atoms with Gasteiger partial charge in [-0.25, -0.2) is 4.98 Å². The van der Waals surface area contributed by atoms with Crippen molar-refractivity contribution in [3.05, 3.63) is 78.8 Å². The van der Waals surface area contributed by atoms with E-state index in [-0.39, 0.29) is 0 Å². The van der Waals surface area contributed by atoms with Crippen LogP contribution in [-0.2, 0) is 4.74 Å². The van der Waals surface area contributed by atoms with Crippen LogP contribution in [0.5, 0.6) is 5.75 Å². The van der Waals surface area contributed by atoms with Gasteiger partial charge in [-0.3, -0.25) is 9.97 Å². The molecule has 1 unspecified atom stereocenters. The van der Waals surface area contributed by atoms with Crippen LogP contribution >= 0.6 is 0 Å². The van der Waals surface area contributed by atoms with Gasteiger partial charge in [-0.05, 0) is 48.4 Å². The molecule has 1 aliphatic heterocycles. The lowest BCUT2D eigenvalue weighted by atomic mass is 9.97. The third kappa shape index (κ3) is 4.75. The van der Waals surface area contributed by atoms with E-state index in [0.29, 0.717) is 17.7 Å². The molecule has 0 radical (unpaired) electrons. The number of ether oxygens (including phenoxy) is 2. The quantitative estimate of drug-likeness (QED) is 0.418. The highest BCUT2D eigenvalue weighted by Crippen LogP contribution is 2.35. The minimum Gasteiger partial charge on any atom is -0.496 e. The summed E-state index contributed by atoms with van der Waals surface area (Å²) >= 11 is 0. The summed E-state index contributed by atoms with van der Waals surface area (Å²) in [5, 5.41) is 6.60. The maximum atomic E-state index is 5.63. The lowest BCUT2D eigenvalue weighted by molar-refractivity contribution is 0.193. The minimum absolute atomic E-state index is 0.366. The van der Waals surface area contributed by atoms with Gasteiger partial charge in [-0.1, -0.05) is 12.1 Å². The number of pyridine rings is 2. The molecular formula is C25H24N6O2. The average Bonchev–Trinajstić information content (AvgIpc) is 3.40. The number of hydrogen-bond donors (Lipinski definition) is 2. The van der Waals surface area contributed by atoms with E-state index < -0.39 is 0 Å². The number of methoxy groups -OCH3 is 1. The van der Waals surface area contributed by atoms with Crippen LogP contribution in [-0.4, -0.2) is 40.3 Å². The zero-order valence-corrected chi connectivity index (χ0v) is 18.2. The maximum Gasteiger partial charge on any atom is 0.229 e. The van der Waals surface area contributed by atoms with Gasteiger partial charge in [0, 0.05) is 42.9 Å². The third-order valence-electron chi connectivity index (χ3n) is 5.49. The highest BCUT2D eigenvalue weighted by molar-refractivity contribution is 5.75. The first kappa shape index (κ1) is 20.8. The first-order chi connectivity index (χ1) is 16.3. The molecular weight excluding hydrogens is 416 g/mol.